The fourth-order valence-corrected chi connectivity index (χ4v) is 2.04. The van der Waals surface area contributed by atoms with Gasteiger partial charge >= 0.3 is 0 Å². The number of pyridine rings is 1. The van der Waals surface area contributed by atoms with Crippen molar-refractivity contribution >= 4 is 12.4 Å². The van der Waals surface area contributed by atoms with Crippen molar-refractivity contribution in [2.75, 3.05) is 19.6 Å². The molecule has 1 saturated heterocycles. The molecule has 2 atom stereocenters. The minimum absolute atomic E-state index is 0. The van der Waals surface area contributed by atoms with E-state index in [1.54, 1.807) is 12.1 Å². The molecule has 0 spiro atoms. The molecule has 1 aromatic heterocycles. The number of aromatic nitrogens is 1. The van der Waals surface area contributed by atoms with E-state index in [1.807, 2.05) is 6.07 Å². The van der Waals surface area contributed by atoms with Gasteiger partial charge in [-0.15, -0.1) is 12.4 Å². The average molecular weight is 269 g/mol. The topological polar surface area (TPSA) is 86.2 Å². The second-order valence-corrected chi connectivity index (χ2v) is 4.41. The highest BCUT2D eigenvalue weighted by Crippen LogP contribution is 2.15. The van der Waals surface area contributed by atoms with E-state index in [2.05, 4.69) is 9.88 Å². The number of nitrogens with zero attached hydrogens (tertiary/aromatic N) is 3. The summed E-state index contributed by atoms with van der Waals surface area (Å²) in [6.07, 6.45) is 1.84. The van der Waals surface area contributed by atoms with E-state index >= 15 is 0 Å². The number of halogens is 1. The van der Waals surface area contributed by atoms with Crippen LogP contribution in [0.4, 0.5) is 0 Å². The normalized spacial score (nSPS) is 21.1. The van der Waals surface area contributed by atoms with Crippen LogP contribution < -0.4 is 5.73 Å². The predicted octanol–water partition coefficient (Wildman–Crippen LogP) is 0.441. The summed E-state index contributed by atoms with van der Waals surface area (Å²) in [6.45, 7) is 2.30. The Labute approximate surface area is 113 Å². The van der Waals surface area contributed by atoms with Crippen molar-refractivity contribution in [2.24, 2.45) is 5.73 Å². The van der Waals surface area contributed by atoms with Gasteiger partial charge in [0.05, 0.1) is 11.3 Å². The van der Waals surface area contributed by atoms with E-state index in [-0.39, 0.29) is 18.4 Å². The number of hydrogen-bond acceptors (Lipinski definition) is 5. The Kier molecular flexibility index (Phi) is 5.51. The Bertz CT molecular complexity index is 417. The van der Waals surface area contributed by atoms with E-state index in [0.717, 1.165) is 19.5 Å². The monoisotopic (exact) mass is 268 g/mol. The number of β-amino-alcohol motifs (C(OH)–C–C–N with tert-alkyl or cyclic N) is 1. The Morgan fingerprint density at radius 1 is 1.61 bits per heavy atom. The molecule has 1 fully saturated rings. The number of likely N-dealkylation sites (tertiary alicyclic amines) is 1. The molecular weight excluding hydrogens is 252 g/mol. The van der Waals surface area contributed by atoms with Crippen LogP contribution in [0.25, 0.3) is 0 Å². The lowest BCUT2D eigenvalue weighted by molar-refractivity contribution is 0.122. The maximum Gasteiger partial charge on any atom is 0.109 e. The third kappa shape index (κ3) is 3.65. The highest BCUT2D eigenvalue weighted by atomic mass is 35.5. The predicted molar refractivity (Wildman–Crippen MR) is 70.2 cm³/mol. The van der Waals surface area contributed by atoms with Gasteiger partial charge in [-0.25, -0.2) is 0 Å². The number of aliphatic hydroxyl groups excluding tert-OH is 1. The first-order valence-electron chi connectivity index (χ1n) is 5.71. The molecule has 0 radical (unpaired) electrons. The molecule has 0 aromatic carbocycles. The quantitative estimate of drug-likeness (QED) is 0.831. The lowest BCUT2D eigenvalue weighted by Crippen LogP contribution is -2.30. The van der Waals surface area contributed by atoms with Gasteiger partial charge in [-0.3, -0.25) is 9.88 Å². The van der Waals surface area contributed by atoms with E-state index < -0.39 is 6.10 Å². The van der Waals surface area contributed by atoms with Gasteiger partial charge < -0.3 is 10.8 Å². The highest BCUT2D eigenvalue weighted by Gasteiger charge is 2.22. The van der Waals surface area contributed by atoms with Crippen molar-refractivity contribution in [1.29, 1.82) is 5.26 Å². The number of aliphatic hydroxyl groups is 1. The van der Waals surface area contributed by atoms with Crippen LogP contribution in [-0.2, 0) is 0 Å². The molecule has 1 aliphatic heterocycles. The Balaban J connectivity index is 0.00000162. The lowest BCUT2D eigenvalue weighted by atomic mass is 10.2. The fourth-order valence-electron chi connectivity index (χ4n) is 2.04. The van der Waals surface area contributed by atoms with Crippen molar-refractivity contribution < 1.29 is 5.11 Å². The standard InChI is InChI=1S/C12H16N4O.ClH/c13-5-9-1-2-11(15-6-9)12(17)8-16-4-3-10(14)7-16;/h1-2,6,10,12,17H,3-4,7-8,14H2;1H/t10-,12?;/m1./s1. The molecule has 6 heteroatoms. The van der Waals surface area contributed by atoms with Crippen LogP contribution >= 0.6 is 12.4 Å². The van der Waals surface area contributed by atoms with E-state index in [4.69, 9.17) is 11.0 Å². The summed E-state index contributed by atoms with van der Waals surface area (Å²) in [6, 6.07) is 5.58. The van der Waals surface area contributed by atoms with E-state index in [1.165, 1.54) is 6.20 Å². The smallest absolute Gasteiger partial charge is 0.109 e. The summed E-state index contributed by atoms with van der Waals surface area (Å²) in [7, 11) is 0. The molecule has 0 amide bonds. The third-order valence-corrected chi connectivity index (χ3v) is 3.00. The number of hydrogen-bond donors (Lipinski definition) is 2. The molecule has 5 nitrogen and oxygen atoms in total. The van der Waals surface area contributed by atoms with Crippen LogP contribution in [0.3, 0.4) is 0 Å². The van der Waals surface area contributed by atoms with Crippen LogP contribution in [0.5, 0.6) is 0 Å². The molecule has 1 aliphatic rings. The van der Waals surface area contributed by atoms with Gasteiger partial charge in [0.15, 0.2) is 0 Å². The summed E-state index contributed by atoms with van der Waals surface area (Å²) in [4.78, 5) is 6.21. The summed E-state index contributed by atoms with van der Waals surface area (Å²) >= 11 is 0. The first-order chi connectivity index (χ1) is 8.19. The van der Waals surface area contributed by atoms with Crippen molar-refractivity contribution in [3.05, 3.63) is 29.6 Å². The molecule has 2 rings (SSSR count). The summed E-state index contributed by atoms with van der Waals surface area (Å²) in [5, 5.41) is 18.7. The highest BCUT2D eigenvalue weighted by molar-refractivity contribution is 5.85. The average Bonchev–Trinajstić information content (AvgIpc) is 2.75. The Morgan fingerprint density at radius 2 is 2.39 bits per heavy atom. The molecule has 2 heterocycles. The Hall–Kier alpha value is -1.19. The van der Waals surface area contributed by atoms with Crippen LogP contribution in [0, 0.1) is 11.3 Å². The number of rotatable bonds is 3. The van der Waals surface area contributed by atoms with Gasteiger partial charge in [0, 0.05) is 25.3 Å². The van der Waals surface area contributed by atoms with Crippen molar-refractivity contribution in [3.8, 4) is 6.07 Å². The minimum Gasteiger partial charge on any atom is -0.385 e. The van der Waals surface area contributed by atoms with Crippen molar-refractivity contribution in [2.45, 2.75) is 18.6 Å². The zero-order valence-corrected chi connectivity index (χ0v) is 10.8. The lowest BCUT2D eigenvalue weighted by Gasteiger charge is -2.19. The van der Waals surface area contributed by atoms with E-state index in [0.29, 0.717) is 17.8 Å². The van der Waals surface area contributed by atoms with Crippen molar-refractivity contribution in [1.82, 2.24) is 9.88 Å². The molecule has 3 N–H and O–H groups in total. The maximum absolute atomic E-state index is 10.0. The molecule has 0 aliphatic carbocycles. The zero-order chi connectivity index (χ0) is 12.3. The van der Waals surface area contributed by atoms with Gasteiger partial charge in [-0.05, 0) is 25.1 Å². The second-order valence-electron chi connectivity index (χ2n) is 4.41. The zero-order valence-electron chi connectivity index (χ0n) is 9.99. The number of nitrogens with two attached hydrogens (primary N) is 1. The van der Waals surface area contributed by atoms with Crippen molar-refractivity contribution in [3.63, 3.8) is 0 Å². The maximum atomic E-state index is 10.0. The van der Waals surface area contributed by atoms with Gasteiger partial charge in [0.1, 0.15) is 12.2 Å². The largest absolute Gasteiger partial charge is 0.385 e. The minimum atomic E-state index is -0.618. The van der Waals surface area contributed by atoms with Crippen LogP contribution in [0.15, 0.2) is 18.3 Å². The molecule has 0 bridgehead atoms. The van der Waals surface area contributed by atoms with Gasteiger partial charge in [-0.2, -0.15) is 5.26 Å². The Morgan fingerprint density at radius 3 is 2.89 bits per heavy atom. The number of nitriles is 1. The SMILES string of the molecule is Cl.N#Cc1ccc(C(O)CN2CC[C@@H](N)C2)nc1. The second kappa shape index (κ2) is 6.66. The summed E-state index contributed by atoms with van der Waals surface area (Å²) in [5.41, 5.74) is 6.91. The van der Waals surface area contributed by atoms with Gasteiger partial charge in [-0.1, -0.05) is 0 Å². The summed E-state index contributed by atoms with van der Waals surface area (Å²) in [5.74, 6) is 0. The molecule has 18 heavy (non-hydrogen) atoms. The van der Waals surface area contributed by atoms with Crippen LogP contribution in [-0.4, -0.2) is 40.7 Å². The molecular formula is C12H17ClN4O. The third-order valence-electron chi connectivity index (χ3n) is 3.00. The van der Waals surface area contributed by atoms with Gasteiger partial charge in [0.25, 0.3) is 0 Å². The first kappa shape index (κ1) is 14.9. The van der Waals surface area contributed by atoms with Crippen LogP contribution in [0.2, 0.25) is 0 Å². The fraction of sp³-hybridized carbons (Fsp3) is 0.500. The van der Waals surface area contributed by atoms with Gasteiger partial charge in [0.2, 0.25) is 0 Å². The van der Waals surface area contributed by atoms with E-state index in [9.17, 15) is 5.11 Å². The first-order valence-corrected chi connectivity index (χ1v) is 5.71. The van der Waals surface area contributed by atoms with Crippen LogP contribution in [0.1, 0.15) is 23.8 Å². The molecule has 98 valence electrons. The molecule has 1 aromatic rings. The molecule has 1 unspecified atom stereocenters. The molecule has 0 saturated carbocycles. The summed E-state index contributed by atoms with van der Waals surface area (Å²) < 4.78 is 0.